The largest absolute Gasteiger partial charge is 0.492 e. The van der Waals surface area contributed by atoms with Crippen molar-refractivity contribution in [3.63, 3.8) is 0 Å². The summed E-state index contributed by atoms with van der Waals surface area (Å²) in [5.74, 6) is -0.613. The summed E-state index contributed by atoms with van der Waals surface area (Å²) in [6.45, 7) is 2.42. The third-order valence-corrected chi connectivity index (χ3v) is 5.95. The second-order valence-electron chi connectivity index (χ2n) is 8.63. The molecule has 1 fully saturated rings. The first-order valence-corrected chi connectivity index (χ1v) is 11.7. The monoisotopic (exact) mass is 476 g/mol. The summed E-state index contributed by atoms with van der Waals surface area (Å²) < 4.78 is 18.9. The van der Waals surface area contributed by atoms with E-state index in [0.29, 0.717) is 44.9 Å². The van der Waals surface area contributed by atoms with Crippen molar-refractivity contribution in [3.05, 3.63) is 90.5 Å². The van der Waals surface area contributed by atoms with E-state index >= 15 is 0 Å². The van der Waals surface area contributed by atoms with Gasteiger partial charge in [-0.05, 0) is 60.5 Å². The number of hydrogen-bond acceptors (Lipinski definition) is 5. The first-order valence-electron chi connectivity index (χ1n) is 11.7. The predicted molar refractivity (Wildman–Crippen MR) is 131 cm³/mol. The van der Waals surface area contributed by atoms with E-state index in [1.54, 1.807) is 12.4 Å². The zero-order valence-corrected chi connectivity index (χ0v) is 19.4. The highest BCUT2D eigenvalue weighted by atomic mass is 19.1. The van der Waals surface area contributed by atoms with Gasteiger partial charge in [-0.1, -0.05) is 18.2 Å². The summed E-state index contributed by atoms with van der Waals surface area (Å²) in [6.07, 6.45) is 3.90. The van der Waals surface area contributed by atoms with E-state index < -0.39 is 0 Å². The summed E-state index contributed by atoms with van der Waals surface area (Å²) in [5, 5.41) is 5.81. The molecule has 2 atom stereocenters. The van der Waals surface area contributed by atoms with Gasteiger partial charge in [-0.15, -0.1) is 0 Å². The van der Waals surface area contributed by atoms with E-state index in [2.05, 4.69) is 20.5 Å². The normalized spacial score (nSPS) is 18.0. The van der Waals surface area contributed by atoms with Crippen LogP contribution in [0.3, 0.4) is 0 Å². The number of pyridine rings is 1. The number of anilines is 1. The molecule has 7 nitrogen and oxygen atoms in total. The summed E-state index contributed by atoms with van der Waals surface area (Å²) in [6, 6.07) is 19.0. The van der Waals surface area contributed by atoms with Gasteiger partial charge in [0, 0.05) is 37.7 Å². The molecule has 0 unspecified atom stereocenters. The first kappa shape index (κ1) is 24.3. The minimum Gasteiger partial charge on any atom is -0.492 e. The number of hydrogen-bond donors (Lipinski definition) is 2. The van der Waals surface area contributed by atoms with Crippen LogP contribution in [0.4, 0.5) is 10.1 Å². The van der Waals surface area contributed by atoms with Crippen molar-refractivity contribution in [1.29, 1.82) is 0 Å². The average molecular weight is 477 g/mol. The van der Waals surface area contributed by atoms with E-state index in [4.69, 9.17) is 4.74 Å². The standard InChI is InChI=1S/C27H29FN4O3/c28-23-6-8-24(9-7-23)31-27(34)22-16-21(18-32(19-22)17-20-10-12-29-13-11-20)26(33)30-14-15-35-25-4-2-1-3-5-25/h1-13,21-22H,14-19H2,(H,30,33)(H,31,34)/t21-,22+/m0/s1. The third kappa shape index (κ3) is 7.35. The Bertz CT molecular complexity index is 1100. The minimum atomic E-state index is -0.382. The van der Waals surface area contributed by atoms with Gasteiger partial charge in [0.2, 0.25) is 11.8 Å². The van der Waals surface area contributed by atoms with E-state index in [-0.39, 0.29) is 29.5 Å². The summed E-state index contributed by atoms with van der Waals surface area (Å²) in [5.41, 5.74) is 1.59. The molecule has 0 spiro atoms. The lowest BCUT2D eigenvalue weighted by atomic mass is 9.87. The van der Waals surface area contributed by atoms with Crippen molar-refractivity contribution in [2.75, 3.05) is 31.6 Å². The Hall–Kier alpha value is -3.78. The number of benzene rings is 2. The number of halogens is 1. The summed E-state index contributed by atoms with van der Waals surface area (Å²) >= 11 is 0. The highest BCUT2D eigenvalue weighted by molar-refractivity contribution is 5.93. The molecule has 0 saturated carbocycles. The number of rotatable bonds is 9. The number of piperidine rings is 1. The maximum absolute atomic E-state index is 13.2. The SMILES string of the molecule is O=C(NCCOc1ccccc1)[C@H]1C[C@@H](C(=O)Nc2ccc(F)cc2)CN(Cc2ccncc2)C1. The fraction of sp³-hybridized carbons (Fsp3) is 0.296. The molecule has 0 bridgehead atoms. The third-order valence-electron chi connectivity index (χ3n) is 5.95. The van der Waals surface area contributed by atoms with Crippen molar-refractivity contribution >= 4 is 17.5 Å². The van der Waals surface area contributed by atoms with Crippen molar-refractivity contribution in [3.8, 4) is 5.75 Å². The van der Waals surface area contributed by atoms with Crippen LogP contribution in [0.25, 0.3) is 0 Å². The Labute approximate surface area is 204 Å². The fourth-order valence-corrected chi connectivity index (χ4v) is 4.23. The molecule has 2 amide bonds. The highest BCUT2D eigenvalue weighted by Gasteiger charge is 2.35. The van der Waals surface area contributed by atoms with Crippen molar-refractivity contribution in [2.45, 2.75) is 13.0 Å². The molecule has 8 heteroatoms. The number of ether oxygens (including phenoxy) is 1. The Kier molecular flexibility index (Phi) is 8.40. The average Bonchev–Trinajstić information content (AvgIpc) is 2.89. The van der Waals surface area contributed by atoms with E-state index in [1.807, 2.05) is 42.5 Å². The zero-order valence-electron chi connectivity index (χ0n) is 19.4. The highest BCUT2D eigenvalue weighted by Crippen LogP contribution is 2.25. The van der Waals surface area contributed by atoms with Crippen molar-refractivity contribution in [2.24, 2.45) is 11.8 Å². The van der Waals surface area contributed by atoms with Crippen LogP contribution in [0.2, 0.25) is 0 Å². The molecule has 4 rings (SSSR count). The number of amides is 2. The lowest BCUT2D eigenvalue weighted by Crippen LogP contribution is -2.49. The maximum Gasteiger partial charge on any atom is 0.228 e. The second kappa shape index (κ2) is 12.1. The molecular weight excluding hydrogens is 447 g/mol. The van der Waals surface area contributed by atoms with Gasteiger partial charge in [0.25, 0.3) is 0 Å². The topological polar surface area (TPSA) is 83.6 Å². The molecule has 1 saturated heterocycles. The Morgan fingerprint density at radius 1 is 0.943 bits per heavy atom. The Morgan fingerprint density at radius 3 is 2.34 bits per heavy atom. The molecule has 2 aromatic carbocycles. The lowest BCUT2D eigenvalue weighted by molar-refractivity contribution is -0.130. The van der Waals surface area contributed by atoms with Crippen LogP contribution in [0.5, 0.6) is 5.75 Å². The first-order chi connectivity index (χ1) is 17.1. The van der Waals surface area contributed by atoms with Crippen LogP contribution in [-0.4, -0.2) is 47.9 Å². The number of carbonyl (C=O) groups is 2. The number of likely N-dealkylation sites (tertiary alicyclic amines) is 1. The predicted octanol–water partition coefficient (Wildman–Crippen LogP) is 3.49. The van der Waals surface area contributed by atoms with Gasteiger partial charge in [-0.25, -0.2) is 4.39 Å². The maximum atomic E-state index is 13.2. The minimum absolute atomic E-state index is 0.0966. The number of para-hydroxylation sites is 1. The van der Waals surface area contributed by atoms with E-state index in [0.717, 1.165) is 11.3 Å². The van der Waals surface area contributed by atoms with Gasteiger partial charge in [-0.2, -0.15) is 0 Å². The molecule has 1 aliphatic rings. The second-order valence-corrected chi connectivity index (χ2v) is 8.63. The quantitative estimate of drug-likeness (QED) is 0.462. The molecule has 1 aromatic heterocycles. The molecule has 2 heterocycles. The molecular formula is C27H29FN4O3. The van der Waals surface area contributed by atoms with Gasteiger partial charge in [-0.3, -0.25) is 19.5 Å². The summed E-state index contributed by atoms with van der Waals surface area (Å²) in [4.78, 5) is 32.2. The van der Waals surface area contributed by atoms with Crippen LogP contribution < -0.4 is 15.4 Å². The number of carbonyl (C=O) groups excluding carboxylic acids is 2. The summed E-state index contributed by atoms with van der Waals surface area (Å²) in [7, 11) is 0. The molecule has 1 aliphatic heterocycles. The van der Waals surface area contributed by atoms with Crippen molar-refractivity contribution in [1.82, 2.24) is 15.2 Å². The zero-order chi connectivity index (χ0) is 24.5. The number of nitrogens with zero attached hydrogens (tertiary/aromatic N) is 2. The van der Waals surface area contributed by atoms with Gasteiger partial charge in [0.15, 0.2) is 0 Å². The van der Waals surface area contributed by atoms with Gasteiger partial charge in [0.1, 0.15) is 18.2 Å². The number of aromatic nitrogens is 1. The number of nitrogens with one attached hydrogen (secondary N) is 2. The fourth-order valence-electron chi connectivity index (χ4n) is 4.23. The van der Waals surface area contributed by atoms with Crippen LogP contribution in [-0.2, 0) is 16.1 Å². The molecule has 35 heavy (non-hydrogen) atoms. The van der Waals surface area contributed by atoms with Crippen molar-refractivity contribution < 1.29 is 18.7 Å². The van der Waals surface area contributed by atoms with Crippen LogP contribution in [0, 0.1) is 17.7 Å². The van der Waals surface area contributed by atoms with Crippen LogP contribution in [0.1, 0.15) is 12.0 Å². The lowest BCUT2D eigenvalue weighted by Gasteiger charge is -2.36. The molecule has 2 N–H and O–H groups in total. The smallest absolute Gasteiger partial charge is 0.228 e. The molecule has 3 aromatic rings. The van der Waals surface area contributed by atoms with Crippen LogP contribution in [0.15, 0.2) is 79.1 Å². The molecule has 0 aliphatic carbocycles. The van der Waals surface area contributed by atoms with Gasteiger partial charge in [0.05, 0.1) is 18.4 Å². The Balaban J connectivity index is 1.37. The molecule has 182 valence electrons. The van der Waals surface area contributed by atoms with E-state index in [1.165, 1.54) is 24.3 Å². The van der Waals surface area contributed by atoms with Gasteiger partial charge >= 0.3 is 0 Å². The Morgan fingerprint density at radius 2 is 1.63 bits per heavy atom. The van der Waals surface area contributed by atoms with E-state index in [9.17, 15) is 14.0 Å². The molecule has 0 radical (unpaired) electrons. The van der Waals surface area contributed by atoms with Gasteiger partial charge < -0.3 is 15.4 Å². The van der Waals surface area contributed by atoms with Crippen LogP contribution >= 0.6 is 0 Å².